The lowest BCUT2D eigenvalue weighted by Gasteiger charge is -2.27. The SMILES string of the molecule is C1=CC2=Cc3c(c4c5oc6ccccc6c5ccc4n4c5ccccc5c5ccc6c7ccccc7n3c6c54)NC2C=C1. The first-order valence-electron chi connectivity index (χ1n) is 14.8. The van der Waals surface area contributed by atoms with Gasteiger partial charge in [0.15, 0.2) is 0 Å². The van der Waals surface area contributed by atoms with E-state index in [9.17, 15) is 0 Å². The molecule has 4 heteroatoms. The number of rotatable bonds is 0. The molecule has 0 radical (unpaired) electrons. The highest BCUT2D eigenvalue weighted by Gasteiger charge is 2.27. The van der Waals surface area contributed by atoms with E-state index >= 15 is 0 Å². The van der Waals surface area contributed by atoms with Crippen LogP contribution in [0.15, 0.2) is 131 Å². The lowest BCUT2D eigenvalue weighted by Crippen LogP contribution is -2.24. The summed E-state index contributed by atoms with van der Waals surface area (Å²) in [5.41, 5.74) is 11.2. The fourth-order valence-electron chi connectivity index (χ4n) is 7.87. The summed E-state index contributed by atoms with van der Waals surface area (Å²) in [4.78, 5) is 0. The van der Waals surface area contributed by atoms with Crippen LogP contribution in [0.3, 0.4) is 0 Å². The highest BCUT2D eigenvalue weighted by Crippen LogP contribution is 2.46. The first-order chi connectivity index (χ1) is 21.3. The Morgan fingerprint density at radius 3 is 2.07 bits per heavy atom. The molecule has 1 atom stereocenters. The van der Waals surface area contributed by atoms with Crippen LogP contribution in [-0.4, -0.2) is 14.8 Å². The second-order valence-electron chi connectivity index (χ2n) is 11.8. The van der Waals surface area contributed by atoms with E-state index in [-0.39, 0.29) is 6.04 Å². The molecule has 5 aromatic carbocycles. The average molecular weight is 550 g/mol. The van der Waals surface area contributed by atoms with Crippen LogP contribution in [-0.2, 0) is 0 Å². The molecule has 0 bridgehead atoms. The maximum Gasteiger partial charge on any atom is 0.146 e. The van der Waals surface area contributed by atoms with Crippen molar-refractivity contribution in [2.75, 3.05) is 5.32 Å². The number of nitrogens with one attached hydrogen (secondary N) is 1. The van der Waals surface area contributed by atoms with Crippen molar-refractivity contribution in [3.63, 3.8) is 0 Å². The van der Waals surface area contributed by atoms with Gasteiger partial charge in [-0.1, -0.05) is 91.0 Å². The van der Waals surface area contributed by atoms with E-state index in [1.54, 1.807) is 0 Å². The Morgan fingerprint density at radius 2 is 1.26 bits per heavy atom. The molecule has 0 fully saturated rings. The highest BCUT2D eigenvalue weighted by atomic mass is 16.3. The number of benzene rings is 5. The molecular weight excluding hydrogens is 526 g/mol. The number of hydrogen-bond acceptors (Lipinski definition) is 2. The predicted octanol–water partition coefficient (Wildman–Crippen LogP) is 10.0. The van der Waals surface area contributed by atoms with Crippen LogP contribution < -0.4 is 5.32 Å². The molecule has 9 aromatic rings. The van der Waals surface area contributed by atoms with Gasteiger partial charge < -0.3 is 18.5 Å². The van der Waals surface area contributed by atoms with E-state index in [1.807, 2.05) is 6.07 Å². The van der Waals surface area contributed by atoms with Gasteiger partial charge in [-0.2, -0.15) is 0 Å². The highest BCUT2D eigenvalue weighted by molar-refractivity contribution is 6.26. The lowest BCUT2D eigenvalue weighted by molar-refractivity contribution is 0.672. The van der Waals surface area contributed by atoms with Gasteiger partial charge in [-0.15, -0.1) is 0 Å². The topological polar surface area (TPSA) is 34.0 Å². The van der Waals surface area contributed by atoms with E-state index in [0.29, 0.717) is 0 Å². The summed E-state index contributed by atoms with van der Waals surface area (Å²) in [7, 11) is 0. The number of allylic oxidation sites excluding steroid dienone is 2. The standard InChI is InChI=1S/C39H23N3O/c1-5-13-29-22(9-1)21-33-36(40-29)35-32(20-19-28-25-12-4-8-16-34(25)43-39(28)35)41-30-14-6-2-10-23(30)26-17-18-27-24-11-3-7-15-31(24)42(33)38(27)37(26)41/h1-21,29,40H. The van der Waals surface area contributed by atoms with Crippen LogP contribution in [0.5, 0.6) is 0 Å². The van der Waals surface area contributed by atoms with E-state index < -0.39 is 0 Å². The fourth-order valence-corrected chi connectivity index (χ4v) is 7.87. The first-order valence-corrected chi connectivity index (χ1v) is 14.8. The summed E-state index contributed by atoms with van der Waals surface area (Å²) < 4.78 is 11.8. The number of fused-ring (bicyclic) bond motifs is 16. The Morgan fingerprint density at radius 1 is 0.581 bits per heavy atom. The molecule has 1 aliphatic carbocycles. The second-order valence-corrected chi connectivity index (χ2v) is 11.8. The Bertz CT molecular complexity index is 2820. The number of hydrogen-bond donors (Lipinski definition) is 1. The maximum atomic E-state index is 6.80. The summed E-state index contributed by atoms with van der Waals surface area (Å²) in [5.74, 6) is 0. The van der Waals surface area contributed by atoms with Crippen molar-refractivity contribution in [3.05, 3.63) is 133 Å². The van der Waals surface area contributed by atoms with Crippen molar-refractivity contribution in [1.29, 1.82) is 0 Å². The van der Waals surface area contributed by atoms with Crippen molar-refractivity contribution in [3.8, 4) is 0 Å². The molecule has 0 saturated carbocycles. The number of nitrogens with zero attached hydrogens (tertiary/aromatic N) is 2. The number of para-hydroxylation sites is 3. The van der Waals surface area contributed by atoms with E-state index in [4.69, 9.17) is 4.42 Å². The quantitative estimate of drug-likeness (QED) is 0.204. The molecular formula is C39H23N3O. The molecule has 11 rings (SSSR count). The summed E-state index contributed by atoms with van der Waals surface area (Å²) in [6.45, 7) is 0. The minimum absolute atomic E-state index is 0.0737. The predicted molar refractivity (Wildman–Crippen MR) is 179 cm³/mol. The molecule has 2 aliphatic rings. The molecule has 200 valence electrons. The number of furan rings is 1. The molecule has 1 unspecified atom stereocenters. The summed E-state index contributed by atoms with van der Waals surface area (Å²) in [6, 6.07) is 35.2. The van der Waals surface area contributed by atoms with Gasteiger partial charge in [0, 0.05) is 32.3 Å². The smallest absolute Gasteiger partial charge is 0.146 e. The van der Waals surface area contributed by atoms with Crippen molar-refractivity contribution in [1.82, 2.24) is 8.80 Å². The van der Waals surface area contributed by atoms with Crippen molar-refractivity contribution in [2.24, 2.45) is 0 Å². The number of anilines is 1. The molecule has 4 nitrogen and oxygen atoms in total. The van der Waals surface area contributed by atoms with E-state index in [2.05, 4.69) is 135 Å². The van der Waals surface area contributed by atoms with Crippen LogP contribution in [0.2, 0.25) is 0 Å². The van der Waals surface area contributed by atoms with Crippen LogP contribution in [0, 0.1) is 0 Å². The lowest BCUT2D eigenvalue weighted by atomic mass is 9.95. The van der Waals surface area contributed by atoms with Gasteiger partial charge in [0.2, 0.25) is 0 Å². The largest absolute Gasteiger partial charge is 0.455 e. The summed E-state index contributed by atoms with van der Waals surface area (Å²) >= 11 is 0. The summed E-state index contributed by atoms with van der Waals surface area (Å²) in [6.07, 6.45) is 11.1. The monoisotopic (exact) mass is 549 g/mol. The minimum Gasteiger partial charge on any atom is -0.455 e. The Hall–Kier alpha value is -5.74. The van der Waals surface area contributed by atoms with Crippen LogP contribution in [0.4, 0.5) is 5.69 Å². The third-order valence-corrected chi connectivity index (χ3v) is 9.65. The van der Waals surface area contributed by atoms with Crippen LogP contribution >= 0.6 is 0 Å². The maximum absolute atomic E-state index is 6.80. The van der Waals surface area contributed by atoms with Crippen molar-refractivity contribution < 1.29 is 4.42 Å². The zero-order chi connectivity index (χ0) is 27.8. The molecule has 0 spiro atoms. The van der Waals surface area contributed by atoms with Crippen molar-refractivity contribution >= 4 is 88.2 Å². The van der Waals surface area contributed by atoms with Gasteiger partial charge in [-0.3, -0.25) is 0 Å². The average Bonchev–Trinajstić information content (AvgIpc) is 3.71. The van der Waals surface area contributed by atoms with Gasteiger partial charge in [-0.25, -0.2) is 0 Å². The summed E-state index contributed by atoms with van der Waals surface area (Å²) in [5, 5.41) is 12.4. The molecule has 4 aromatic heterocycles. The first kappa shape index (κ1) is 21.9. The van der Waals surface area contributed by atoms with Crippen LogP contribution in [0.1, 0.15) is 5.69 Å². The number of aromatic nitrogens is 2. The Labute approximate surface area is 245 Å². The van der Waals surface area contributed by atoms with Gasteiger partial charge in [0.05, 0.1) is 50.4 Å². The molecule has 0 amide bonds. The van der Waals surface area contributed by atoms with Crippen LogP contribution in [0.25, 0.3) is 82.5 Å². The Balaban J connectivity index is 1.56. The second kappa shape index (κ2) is 7.55. The van der Waals surface area contributed by atoms with Gasteiger partial charge in [0.1, 0.15) is 11.2 Å². The van der Waals surface area contributed by atoms with E-state index in [1.165, 1.54) is 49.2 Å². The molecule has 1 N–H and O–H groups in total. The zero-order valence-electron chi connectivity index (χ0n) is 23.0. The molecule has 43 heavy (non-hydrogen) atoms. The normalized spacial score (nSPS) is 16.3. The van der Waals surface area contributed by atoms with Crippen molar-refractivity contribution in [2.45, 2.75) is 6.04 Å². The minimum atomic E-state index is 0.0737. The fraction of sp³-hybridized carbons (Fsp3) is 0.0256. The molecule has 0 saturated heterocycles. The van der Waals surface area contributed by atoms with Gasteiger partial charge >= 0.3 is 0 Å². The van der Waals surface area contributed by atoms with Gasteiger partial charge in [0.25, 0.3) is 0 Å². The molecule has 5 heterocycles. The zero-order valence-corrected chi connectivity index (χ0v) is 23.0. The van der Waals surface area contributed by atoms with Gasteiger partial charge in [-0.05, 0) is 42.0 Å². The third kappa shape index (κ3) is 2.59. The van der Waals surface area contributed by atoms with E-state index in [0.717, 1.165) is 44.2 Å². The third-order valence-electron chi connectivity index (χ3n) is 9.65. The Kier molecular flexibility index (Phi) is 3.85. The molecule has 1 aliphatic heterocycles.